The number of alkyl halides is 3. The molecule has 0 saturated heterocycles. The highest BCUT2D eigenvalue weighted by molar-refractivity contribution is 5.87. The fourth-order valence-electron chi connectivity index (χ4n) is 7.15. The van der Waals surface area contributed by atoms with E-state index < -0.39 is 18.6 Å². The molecule has 2 aliphatic carbocycles. The quantitative estimate of drug-likeness (QED) is 0.157. The van der Waals surface area contributed by atoms with E-state index in [1.165, 1.54) is 67.7 Å². The Labute approximate surface area is 243 Å². The van der Waals surface area contributed by atoms with Gasteiger partial charge in [0.1, 0.15) is 0 Å². The molecule has 1 N–H and O–H groups in total. The molecule has 0 amide bonds. The number of ether oxygens (including phenoxy) is 1. The minimum atomic E-state index is -4.01. The highest BCUT2D eigenvalue weighted by Gasteiger charge is 2.32. The predicted octanol–water partition coefficient (Wildman–Crippen LogP) is 9.31. The lowest BCUT2D eigenvalue weighted by atomic mass is 9.68. The molecule has 0 radical (unpaired) electrons. The zero-order valence-corrected chi connectivity index (χ0v) is 24.6. The van der Waals surface area contributed by atoms with Gasteiger partial charge in [0.25, 0.3) is 0 Å². The summed E-state index contributed by atoms with van der Waals surface area (Å²) < 4.78 is 42.4. The van der Waals surface area contributed by atoms with Gasteiger partial charge in [0.2, 0.25) is 0 Å². The molecule has 2 aromatic rings. The summed E-state index contributed by atoms with van der Waals surface area (Å²) in [6.45, 7) is 5.34. The number of halogens is 3. The SMILES string of the molecule is C=C(C)C(=O)OCC(CO)Cc1ccc2cc(C3CCC(C4CCC(CCCCC(F)(F)F)CC4)CC3)ccc2c1. The molecule has 2 fully saturated rings. The van der Waals surface area contributed by atoms with Crippen molar-refractivity contribution in [3.63, 3.8) is 0 Å². The van der Waals surface area contributed by atoms with Crippen molar-refractivity contribution in [3.05, 3.63) is 59.7 Å². The fourth-order valence-corrected chi connectivity index (χ4v) is 7.15. The van der Waals surface area contributed by atoms with Crippen molar-refractivity contribution >= 4 is 16.7 Å². The molecule has 3 nitrogen and oxygen atoms in total. The van der Waals surface area contributed by atoms with Crippen LogP contribution in [0.4, 0.5) is 13.2 Å². The zero-order chi connectivity index (χ0) is 29.4. The van der Waals surface area contributed by atoms with Gasteiger partial charge in [0.15, 0.2) is 0 Å². The number of unbranched alkanes of at least 4 members (excludes halogenated alkanes) is 1. The summed E-state index contributed by atoms with van der Waals surface area (Å²) >= 11 is 0. The lowest BCUT2D eigenvalue weighted by Gasteiger charge is -2.38. The molecule has 1 atom stereocenters. The van der Waals surface area contributed by atoms with E-state index in [0.717, 1.165) is 23.8 Å². The van der Waals surface area contributed by atoms with Crippen molar-refractivity contribution in [2.24, 2.45) is 23.7 Å². The number of carbonyl (C=O) groups is 1. The van der Waals surface area contributed by atoms with Crippen LogP contribution in [0.3, 0.4) is 0 Å². The van der Waals surface area contributed by atoms with Gasteiger partial charge in [-0.1, -0.05) is 68.7 Å². The van der Waals surface area contributed by atoms with Gasteiger partial charge in [-0.05, 0) is 104 Å². The van der Waals surface area contributed by atoms with Crippen molar-refractivity contribution < 1.29 is 27.8 Å². The first-order chi connectivity index (χ1) is 19.6. The molecule has 0 bridgehead atoms. The third kappa shape index (κ3) is 9.59. The number of hydrogen-bond donors (Lipinski definition) is 1. The van der Waals surface area contributed by atoms with E-state index in [4.69, 9.17) is 4.74 Å². The number of aliphatic hydroxyl groups excluding tert-OH is 1. The first-order valence-electron chi connectivity index (χ1n) is 15.6. The van der Waals surface area contributed by atoms with Gasteiger partial charge in [-0.2, -0.15) is 13.2 Å². The molecule has 226 valence electrons. The van der Waals surface area contributed by atoms with Crippen LogP contribution in [-0.4, -0.2) is 30.5 Å². The topological polar surface area (TPSA) is 46.5 Å². The van der Waals surface area contributed by atoms with E-state index in [0.29, 0.717) is 30.3 Å². The number of benzene rings is 2. The number of hydrogen-bond acceptors (Lipinski definition) is 3. The molecule has 2 saturated carbocycles. The van der Waals surface area contributed by atoms with E-state index in [1.54, 1.807) is 6.92 Å². The van der Waals surface area contributed by atoms with Crippen LogP contribution in [-0.2, 0) is 16.0 Å². The van der Waals surface area contributed by atoms with Crippen LogP contribution in [0.1, 0.15) is 101 Å². The molecule has 2 aromatic carbocycles. The van der Waals surface area contributed by atoms with Gasteiger partial charge < -0.3 is 9.84 Å². The van der Waals surface area contributed by atoms with E-state index in [2.05, 4.69) is 43.0 Å². The Morgan fingerprint density at radius 3 is 2.22 bits per heavy atom. The molecule has 0 spiro atoms. The molecule has 6 heteroatoms. The van der Waals surface area contributed by atoms with E-state index in [-0.39, 0.29) is 25.6 Å². The summed E-state index contributed by atoms with van der Waals surface area (Å²) in [6.07, 6.45) is 7.87. The maximum absolute atomic E-state index is 12.4. The predicted molar refractivity (Wildman–Crippen MR) is 159 cm³/mol. The molecule has 41 heavy (non-hydrogen) atoms. The lowest BCUT2D eigenvalue weighted by Crippen LogP contribution is -2.25. The molecule has 2 aliphatic rings. The highest BCUT2D eigenvalue weighted by Crippen LogP contribution is 2.45. The van der Waals surface area contributed by atoms with Crippen molar-refractivity contribution in [1.29, 1.82) is 0 Å². The molecule has 4 rings (SSSR count). The van der Waals surface area contributed by atoms with Crippen LogP contribution in [0.5, 0.6) is 0 Å². The van der Waals surface area contributed by atoms with Crippen molar-refractivity contribution in [1.82, 2.24) is 0 Å². The molecule has 0 heterocycles. The van der Waals surface area contributed by atoms with Gasteiger partial charge in [0, 0.05) is 24.5 Å². The summed E-state index contributed by atoms with van der Waals surface area (Å²) in [4.78, 5) is 11.7. The largest absolute Gasteiger partial charge is 0.462 e. The summed E-state index contributed by atoms with van der Waals surface area (Å²) in [5, 5.41) is 12.2. The Morgan fingerprint density at radius 2 is 1.59 bits per heavy atom. The van der Waals surface area contributed by atoms with Gasteiger partial charge >= 0.3 is 12.1 Å². The zero-order valence-electron chi connectivity index (χ0n) is 24.6. The summed E-state index contributed by atoms with van der Waals surface area (Å²) in [5.41, 5.74) is 2.90. The van der Waals surface area contributed by atoms with E-state index >= 15 is 0 Å². The summed E-state index contributed by atoms with van der Waals surface area (Å²) in [6, 6.07) is 13.3. The second-order valence-corrected chi connectivity index (χ2v) is 12.8. The molecule has 1 unspecified atom stereocenters. The lowest BCUT2D eigenvalue weighted by molar-refractivity contribution is -0.140. The Hall–Kier alpha value is -2.34. The highest BCUT2D eigenvalue weighted by atomic mass is 19.4. The Bertz CT molecular complexity index is 1140. The Morgan fingerprint density at radius 1 is 0.951 bits per heavy atom. The fraction of sp³-hybridized carbons (Fsp3) is 0.629. The van der Waals surface area contributed by atoms with Gasteiger partial charge in [-0.3, -0.25) is 0 Å². The summed E-state index contributed by atoms with van der Waals surface area (Å²) in [7, 11) is 0. The maximum Gasteiger partial charge on any atom is 0.389 e. The minimum Gasteiger partial charge on any atom is -0.462 e. The normalized spacial score (nSPS) is 24.2. The minimum absolute atomic E-state index is 0.0457. The van der Waals surface area contributed by atoms with Crippen LogP contribution < -0.4 is 0 Å². The number of carbonyl (C=O) groups excluding carboxylic acids is 1. The molecular formula is C35H47F3O3. The number of fused-ring (bicyclic) bond motifs is 1. The van der Waals surface area contributed by atoms with Gasteiger partial charge in [-0.25, -0.2) is 4.79 Å². The third-order valence-corrected chi connectivity index (χ3v) is 9.63. The van der Waals surface area contributed by atoms with E-state index in [9.17, 15) is 23.1 Å². The first-order valence-corrected chi connectivity index (χ1v) is 15.6. The van der Waals surface area contributed by atoms with Crippen molar-refractivity contribution in [2.45, 2.75) is 102 Å². The average Bonchev–Trinajstić information content (AvgIpc) is 2.97. The standard InChI is InChI=1S/C35H47F3O3/c1-24(2)34(40)41-23-27(22-39)19-26-8-11-33-21-32(17-16-31(33)20-26)30-14-12-29(13-15-30)28-9-6-25(7-10-28)5-3-4-18-35(36,37)38/h8,11,16-17,20-21,25,27-30,39H,1,3-7,9-10,12-15,18-19,22-23H2,2H3. The Balaban J connectivity index is 1.22. The van der Waals surface area contributed by atoms with Crippen molar-refractivity contribution in [2.75, 3.05) is 13.2 Å². The second kappa shape index (κ2) is 14.7. The van der Waals surface area contributed by atoms with Crippen LogP contribution in [0.25, 0.3) is 10.8 Å². The van der Waals surface area contributed by atoms with Crippen molar-refractivity contribution in [3.8, 4) is 0 Å². The smallest absolute Gasteiger partial charge is 0.389 e. The number of rotatable bonds is 12. The Kier molecular flexibility index (Phi) is 11.3. The number of esters is 1. The van der Waals surface area contributed by atoms with Crippen LogP contribution >= 0.6 is 0 Å². The summed E-state index contributed by atoms with van der Waals surface area (Å²) in [5.74, 6) is 2.25. The molecule has 0 aromatic heterocycles. The third-order valence-electron chi connectivity index (χ3n) is 9.63. The van der Waals surface area contributed by atoms with Gasteiger partial charge in [0.05, 0.1) is 6.61 Å². The van der Waals surface area contributed by atoms with E-state index in [1.807, 2.05) is 0 Å². The molecular weight excluding hydrogens is 525 g/mol. The van der Waals surface area contributed by atoms with Gasteiger partial charge in [-0.15, -0.1) is 0 Å². The monoisotopic (exact) mass is 572 g/mol. The average molecular weight is 573 g/mol. The van der Waals surface area contributed by atoms with Crippen LogP contribution in [0.2, 0.25) is 0 Å². The van der Waals surface area contributed by atoms with Crippen LogP contribution in [0.15, 0.2) is 48.6 Å². The number of aliphatic hydroxyl groups is 1. The second-order valence-electron chi connectivity index (χ2n) is 12.8. The first kappa shape index (κ1) is 31.6. The maximum atomic E-state index is 12.4. The molecule has 0 aliphatic heterocycles. The van der Waals surface area contributed by atoms with Crippen LogP contribution in [0, 0.1) is 23.7 Å².